The van der Waals surface area contributed by atoms with Crippen LogP contribution in [-0.2, 0) is 19.9 Å². The minimum Gasteiger partial charge on any atom is -0.495 e. The predicted octanol–water partition coefficient (Wildman–Crippen LogP) is 1.50. The highest BCUT2D eigenvalue weighted by atomic mass is 35.5. The summed E-state index contributed by atoms with van der Waals surface area (Å²) in [4.78, 5) is -0.300. The van der Waals surface area contributed by atoms with Crippen LogP contribution in [0.25, 0.3) is 0 Å². The van der Waals surface area contributed by atoms with Crippen LogP contribution in [0, 0.1) is 0 Å². The number of aliphatic hydroxyl groups is 1. The molecule has 2 aromatic rings. The van der Waals surface area contributed by atoms with Gasteiger partial charge in [-0.15, -0.1) is 0 Å². The van der Waals surface area contributed by atoms with E-state index in [-0.39, 0.29) is 31.9 Å². The molecule has 0 atom stereocenters. The Morgan fingerprint density at radius 3 is 2.35 bits per heavy atom. The van der Waals surface area contributed by atoms with E-state index in [1.54, 1.807) is 0 Å². The number of nitrogen functional groups attached to an aromatic ring is 1. The van der Waals surface area contributed by atoms with Crippen LogP contribution in [0.2, 0.25) is 5.02 Å². The fourth-order valence-corrected chi connectivity index (χ4v) is 4.35. The van der Waals surface area contributed by atoms with Crippen molar-refractivity contribution in [3.63, 3.8) is 0 Å². The van der Waals surface area contributed by atoms with E-state index >= 15 is 0 Å². The Morgan fingerprint density at radius 1 is 1.12 bits per heavy atom. The van der Waals surface area contributed by atoms with E-state index in [1.165, 1.54) is 37.4 Å². The van der Waals surface area contributed by atoms with Gasteiger partial charge in [0.25, 0.3) is 10.0 Å². The topological polar surface area (TPSA) is 136 Å². The molecule has 0 heterocycles. The van der Waals surface area contributed by atoms with Gasteiger partial charge in [0.1, 0.15) is 5.75 Å². The van der Waals surface area contributed by atoms with Crippen molar-refractivity contribution in [1.82, 2.24) is 0 Å². The molecule has 2 rings (SSSR count). The maximum atomic E-state index is 12.6. The summed E-state index contributed by atoms with van der Waals surface area (Å²) >= 11 is 5.79. The van der Waals surface area contributed by atoms with E-state index in [9.17, 15) is 16.8 Å². The lowest BCUT2D eigenvalue weighted by molar-refractivity contribution is 0.319. The summed E-state index contributed by atoms with van der Waals surface area (Å²) in [5.41, 5.74) is 5.64. The highest BCUT2D eigenvalue weighted by Gasteiger charge is 2.21. The number of nitrogens with one attached hydrogen (secondary N) is 1. The third-order valence-corrected chi connectivity index (χ3v) is 6.81. The molecule has 0 radical (unpaired) electrons. The van der Waals surface area contributed by atoms with E-state index in [2.05, 4.69) is 4.72 Å². The van der Waals surface area contributed by atoms with Crippen molar-refractivity contribution in [2.24, 2.45) is 0 Å². The molecule has 0 saturated heterocycles. The third-order valence-electron chi connectivity index (χ3n) is 3.41. The van der Waals surface area contributed by atoms with Crippen molar-refractivity contribution in [2.45, 2.75) is 9.79 Å². The number of sulfonamides is 1. The average Bonchev–Trinajstić information content (AvgIpc) is 2.56. The zero-order chi connectivity index (χ0) is 19.5. The first-order valence-corrected chi connectivity index (χ1v) is 10.7. The number of methoxy groups -OCH3 is 1. The maximum Gasteiger partial charge on any atom is 0.262 e. The minimum atomic E-state index is -4.07. The average molecular weight is 421 g/mol. The Labute approximate surface area is 156 Å². The van der Waals surface area contributed by atoms with Crippen molar-refractivity contribution < 1.29 is 26.7 Å². The quantitative estimate of drug-likeness (QED) is 0.577. The molecule has 0 aliphatic rings. The lowest BCUT2D eigenvalue weighted by atomic mass is 10.3. The number of hydrogen-bond acceptors (Lipinski definition) is 7. The first-order chi connectivity index (χ1) is 12.1. The molecule has 4 N–H and O–H groups in total. The van der Waals surface area contributed by atoms with Crippen LogP contribution in [0.1, 0.15) is 0 Å². The van der Waals surface area contributed by atoms with Gasteiger partial charge >= 0.3 is 0 Å². The number of sulfone groups is 1. The third kappa shape index (κ3) is 4.39. The zero-order valence-corrected chi connectivity index (χ0v) is 16.0. The Hall–Kier alpha value is -2.01. The van der Waals surface area contributed by atoms with Gasteiger partial charge in [-0.2, -0.15) is 0 Å². The molecular formula is C15H17ClN2O6S2. The number of aliphatic hydroxyl groups excluding tert-OH is 1. The number of benzene rings is 2. The van der Waals surface area contributed by atoms with Crippen molar-refractivity contribution in [2.75, 3.05) is 29.9 Å². The summed E-state index contributed by atoms with van der Waals surface area (Å²) in [6.07, 6.45) is 0. The highest BCUT2D eigenvalue weighted by molar-refractivity contribution is 7.92. The Bertz CT molecular complexity index is 1020. The summed E-state index contributed by atoms with van der Waals surface area (Å²) in [7, 11) is -6.53. The number of nitrogens with two attached hydrogens (primary N) is 1. The van der Waals surface area contributed by atoms with Gasteiger partial charge in [-0.25, -0.2) is 16.8 Å². The van der Waals surface area contributed by atoms with Crippen molar-refractivity contribution in [3.05, 3.63) is 41.4 Å². The normalized spacial score (nSPS) is 12.0. The molecule has 0 aromatic heterocycles. The predicted molar refractivity (Wildman–Crippen MR) is 98.8 cm³/mol. The van der Waals surface area contributed by atoms with Gasteiger partial charge in [-0.3, -0.25) is 4.72 Å². The molecule has 0 bridgehead atoms. The van der Waals surface area contributed by atoms with Gasteiger partial charge in [-0.1, -0.05) is 11.6 Å². The summed E-state index contributed by atoms with van der Waals surface area (Å²) in [6.45, 7) is -0.556. The second-order valence-electron chi connectivity index (χ2n) is 5.19. The molecule has 0 spiro atoms. The van der Waals surface area contributed by atoms with Crippen LogP contribution in [-0.4, -0.2) is 41.4 Å². The summed E-state index contributed by atoms with van der Waals surface area (Å²) < 4.78 is 56.7. The van der Waals surface area contributed by atoms with E-state index in [0.717, 1.165) is 6.07 Å². The molecular weight excluding hydrogens is 404 g/mol. The monoisotopic (exact) mass is 420 g/mol. The van der Waals surface area contributed by atoms with Crippen molar-refractivity contribution in [1.29, 1.82) is 0 Å². The fourth-order valence-electron chi connectivity index (χ4n) is 2.09. The molecule has 0 aliphatic carbocycles. The SMILES string of the molecule is COc1ccc(S(=O)(=O)CCO)cc1NS(=O)(=O)c1ccc(Cl)c(N)c1. The van der Waals surface area contributed by atoms with Gasteiger partial charge in [0, 0.05) is 0 Å². The maximum absolute atomic E-state index is 12.6. The number of halogens is 1. The molecule has 0 aliphatic heterocycles. The lowest BCUT2D eigenvalue weighted by Gasteiger charge is -2.14. The first-order valence-electron chi connectivity index (χ1n) is 7.20. The minimum absolute atomic E-state index is 0.0694. The Kier molecular flexibility index (Phi) is 6.02. The van der Waals surface area contributed by atoms with Crippen LogP contribution in [0.3, 0.4) is 0 Å². The molecule has 0 fully saturated rings. The van der Waals surface area contributed by atoms with Gasteiger partial charge < -0.3 is 15.6 Å². The Balaban J connectivity index is 2.48. The summed E-state index contributed by atoms with van der Waals surface area (Å²) in [5, 5.41) is 9.09. The van der Waals surface area contributed by atoms with Crippen molar-refractivity contribution in [3.8, 4) is 5.75 Å². The number of ether oxygens (including phenoxy) is 1. The number of anilines is 2. The van der Waals surface area contributed by atoms with Crippen molar-refractivity contribution >= 4 is 42.8 Å². The molecule has 0 amide bonds. The first kappa shape index (κ1) is 20.3. The van der Waals surface area contributed by atoms with Crippen LogP contribution < -0.4 is 15.2 Å². The zero-order valence-electron chi connectivity index (χ0n) is 13.6. The summed E-state index contributed by atoms with van der Waals surface area (Å²) in [6, 6.07) is 7.50. The van der Waals surface area contributed by atoms with E-state index < -0.39 is 32.2 Å². The van der Waals surface area contributed by atoms with Gasteiger partial charge in [-0.05, 0) is 36.4 Å². The molecule has 26 heavy (non-hydrogen) atoms. The van der Waals surface area contributed by atoms with E-state index in [0.29, 0.717) is 0 Å². The molecule has 0 saturated carbocycles. The molecule has 11 heteroatoms. The fraction of sp³-hybridized carbons (Fsp3) is 0.200. The lowest BCUT2D eigenvalue weighted by Crippen LogP contribution is -2.15. The van der Waals surface area contributed by atoms with Gasteiger partial charge in [0.05, 0.1) is 45.7 Å². The second-order valence-corrected chi connectivity index (χ2v) is 9.39. The van der Waals surface area contributed by atoms with Crippen LogP contribution in [0.5, 0.6) is 5.75 Å². The number of rotatable bonds is 7. The second kappa shape index (κ2) is 7.70. The Morgan fingerprint density at radius 2 is 1.77 bits per heavy atom. The van der Waals surface area contributed by atoms with Gasteiger partial charge in [0.15, 0.2) is 9.84 Å². The van der Waals surface area contributed by atoms with E-state index in [1.807, 2.05) is 0 Å². The summed E-state index contributed by atoms with van der Waals surface area (Å²) in [5.74, 6) is -0.363. The number of hydrogen-bond donors (Lipinski definition) is 3. The van der Waals surface area contributed by atoms with Crippen LogP contribution in [0.4, 0.5) is 11.4 Å². The molecule has 8 nitrogen and oxygen atoms in total. The van der Waals surface area contributed by atoms with E-state index in [4.69, 9.17) is 27.2 Å². The molecule has 0 unspecified atom stereocenters. The largest absolute Gasteiger partial charge is 0.495 e. The smallest absolute Gasteiger partial charge is 0.262 e. The standard InChI is InChI=1S/C15H17ClN2O6S2/c1-24-15-5-3-10(25(20,21)7-6-19)9-14(15)18-26(22,23)11-2-4-12(16)13(17)8-11/h2-5,8-9,18-19H,6-7,17H2,1H3. The van der Waals surface area contributed by atoms with Gasteiger partial charge in [0.2, 0.25) is 0 Å². The molecule has 142 valence electrons. The van der Waals surface area contributed by atoms with Crippen LogP contribution >= 0.6 is 11.6 Å². The van der Waals surface area contributed by atoms with Crippen LogP contribution in [0.15, 0.2) is 46.2 Å². The molecule has 2 aromatic carbocycles. The highest BCUT2D eigenvalue weighted by Crippen LogP contribution is 2.31.